The zero-order valence-electron chi connectivity index (χ0n) is 16.5. The Hall–Kier alpha value is -3.49. The van der Waals surface area contributed by atoms with Crippen molar-refractivity contribution < 1.29 is 14.6 Å². The molecule has 1 aliphatic rings. The topological polar surface area (TPSA) is 110 Å². The van der Waals surface area contributed by atoms with Gasteiger partial charge in [-0.2, -0.15) is 0 Å². The molecule has 0 unspecified atom stereocenters. The van der Waals surface area contributed by atoms with Crippen LogP contribution in [0.3, 0.4) is 0 Å². The molecule has 9 nitrogen and oxygen atoms in total. The number of nitro benzene ring substituents is 2. The minimum atomic E-state index is -0.697. The van der Waals surface area contributed by atoms with Gasteiger partial charge in [0.05, 0.1) is 15.4 Å². The first kappa shape index (κ1) is 20.2. The lowest BCUT2D eigenvalue weighted by Gasteiger charge is -2.37. The summed E-state index contributed by atoms with van der Waals surface area (Å²) in [5, 5.41) is 22.5. The fourth-order valence-corrected chi connectivity index (χ4v) is 3.60. The van der Waals surface area contributed by atoms with Crippen LogP contribution in [0, 0.1) is 41.0 Å². The van der Waals surface area contributed by atoms with Gasteiger partial charge in [-0.1, -0.05) is 12.1 Å². The van der Waals surface area contributed by atoms with Gasteiger partial charge < -0.3 is 9.80 Å². The first-order chi connectivity index (χ1) is 13.7. The van der Waals surface area contributed by atoms with E-state index in [-0.39, 0.29) is 11.1 Å². The van der Waals surface area contributed by atoms with Gasteiger partial charge in [-0.15, -0.1) is 0 Å². The number of carbonyl (C=O) groups excluding carboxylic acids is 1. The predicted molar refractivity (Wildman–Crippen MR) is 109 cm³/mol. The van der Waals surface area contributed by atoms with Crippen LogP contribution in [-0.2, 0) is 0 Å². The Morgan fingerprint density at radius 2 is 1.45 bits per heavy atom. The largest absolute Gasteiger partial charge is 0.368 e. The summed E-state index contributed by atoms with van der Waals surface area (Å²) in [6, 6.07) is 8.35. The third-order valence-electron chi connectivity index (χ3n) is 5.48. The number of hydrogen-bond acceptors (Lipinski definition) is 6. The lowest BCUT2D eigenvalue weighted by molar-refractivity contribution is -0.395. The third-order valence-corrected chi connectivity index (χ3v) is 5.48. The monoisotopic (exact) mass is 398 g/mol. The highest BCUT2D eigenvalue weighted by Gasteiger charge is 2.29. The van der Waals surface area contributed by atoms with E-state index in [0.717, 1.165) is 17.8 Å². The Labute approximate surface area is 167 Å². The first-order valence-electron chi connectivity index (χ1n) is 9.24. The average molecular weight is 398 g/mol. The van der Waals surface area contributed by atoms with E-state index in [0.29, 0.717) is 26.2 Å². The number of benzene rings is 2. The summed E-state index contributed by atoms with van der Waals surface area (Å²) in [4.78, 5) is 37.8. The highest BCUT2D eigenvalue weighted by Crippen LogP contribution is 2.30. The lowest BCUT2D eigenvalue weighted by atomic mass is 10.1. The molecule has 1 amide bonds. The molecule has 0 aliphatic carbocycles. The molecule has 9 heteroatoms. The van der Waals surface area contributed by atoms with Crippen molar-refractivity contribution >= 4 is 23.0 Å². The van der Waals surface area contributed by atoms with Crippen LogP contribution in [0.4, 0.5) is 17.1 Å². The van der Waals surface area contributed by atoms with E-state index in [4.69, 9.17) is 0 Å². The van der Waals surface area contributed by atoms with Gasteiger partial charge in [0, 0.05) is 44.0 Å². The van der Waals surface area contributed by atoms with Gasteiger partial charge in [-0.05, 0) is 38.0 Å². The Kier molecular flexibility index (Phi) is 5.49. The molecule has 0 aromatic heterocycles. The SMILES string of the molecule is Cc1cccc(N2CCN(C(=O)c3cc([N+](=O)[O-])c(C)c([N+](=O)[O-])c3)CC2)c1C. The molecule has 152 valence electrons. The maximum Gasteiger partial charge on any atom is 0.279 e. The number of rotatable bonds is 4. The number of piperazine rings is 1. The third kappa shape index (κ3) is 3.89. The van der Waals surface area contributed by atoms with Crippen molar-refractivity contribution in [2.75, 3.05) is 31.1 Å². The number of carbonyl (C=O) groups is 1. The maximum atomic E-state index is 12.9. The van der Waals surface area contributed by atoms with Crippen molar-refractivity contribution in [3.63, 3.8) is 0 Å². The molecule has 0 atom stereocenters. The minimum Gasteiger partial charge on any atom is -0.368 e. The van der Waals surface area contributed by atoms with Crippen LogP contribution in [0.25, 0.3) is 0 Å². The van der Waals surface area contributed by atoms with Crippen molar-refractivity contribution in [1.29, 1.82) is 0 Å². The molecular weight excluding hydrogens is 376 g/mol. The summed E-state index contributed by atoms with van der Waals surface area (Å²) in [6.07, 6.45) is 0. The fourth-order valence-electron chi connectivity index (χ4n) is 3.60. The summed E-state index contributed by atoms with van der Waals surface area (Å²) in [5.74, 6) is -0.434. The highest BCUT2D eigenvalue weighted by atomic mass is 16.6. The van der Waals surface area contributed by atoms with Crippen molar-refractivity contribution in [2.24, 2.45) is 0 Å². The summed E-state index contributed by atoms with van der Waals surface area (Å²) in [7, 11) is 0. The Morgan fingerprint density at radius 1 is 0.897 bits per heavy atom. The number of anilines is 1. The molecule has 29 heavy (non-hydrogen) atoms. The van der Waals surface area contributed by atoms with Crippen LogP contribution < -0.4 is 4.90 Å². The van der Waals surface area contributed by atoms with Crippen LogP contribution in [0.5, 0.6) is 0 Å². The number of aryl methyl sites for hydroxylation is 1. The van der Waals surface area contributed by atoms with Gasteiger partial charge in [0.25, 0.3) is 17.3 Å². The van der Waals surface area contributed by atoms with Gasteiger partial charge in [0.15, 0.2) is 0 Å². The minimum absolute atomic E-state index is 0.0332. The number of nitro groups is 2. The summed E-state index contributed by atoms with van der Waals surface area (Å²) in [5.41, 5.74) is 2.58. The zero-order chi connectivity index (χ0) is 21.3. The summed E-state index contributed by atoms with van der Waals surface area (Å²) < 4.78 is 0. The van der Waals surface area contributed by atoms with Gasteiger partial charge in [0.2, 0.25) is 0 Å². The van der Waals surface area contributed by atoms with Crippen LogP contribution >= 0.6 is 0 Å². The first-order valence-corrected chi connectivity index (χ1v) is 9.24. The summed E-state index contributed by atoms with van der Waals surface area (Å²) >= 11 is 0. The van der Waals surface area contributed by atoms with Gasteiger partial charge >= 0.3 is 0 Å². The quantitative estimate of drug-likeness (QED) is 0.577. The van der Waals surface area contributed by atoms with Crippen molar-refractivity contribution in [3.8, 4) is 0 Å². The van der Waals surface area contributed by atoms with E-state index >= 15 is 0 Å². The molecule has 1 aliphatic heterocycles. The number of hydrogen-bond donors (Lipinski definition) is 0. The van der Waals surface area contributed by atoms with E-state index in [2.05, 4.69) is 24.8 Å². The van der Waals surface area contributed by atoms with Gasteiger partial charge in [-0.3, -0.25) is 25.0 Å². The normalized spacial score (nSPS) is 14.0. The molecule has 1 saturated heterocycles. The molecule has 0 spiro atoms. The van der Waals surface area contributed by atoms with Crippen LogP contribution in [0.2, 0.25) is 0 Å². The Balaban J connectivity index is 1.81. The van der Waals surface area contributed by atoms with E-state index in [1.165, 1.54) is 18.1 Å². The lowest BCUT2D eigenvalue weighted by Crippen LogP contribution is -2.49. The molecule has 2 aromatic carbocycles. The Morgan fingerprint density at radius 3 is 1.97 bits per heavy atom. The predicted octanol–water partition coefficient (Wildman–Crippen LogP) is 3.39. The van der Waals surface area contributed by atoms with Crippen molar-refractivity contribution in [1.82, 2.24) is 4.90 Å². The smallest absolute Gasteiger partial charge is 0.279 e. The van der Waals surface area contributed by atoms with Crippen LogP contribution in [0.1, 0.15) is 27.0 Å². The highest BCUT2D eigenvalue weighted by molar-refractivity contribution is 5.96. The maximum absolute atomic E-state index is 12.9. The molecular formula is C20H22N4O5. The summed E-state index contributed by atoms with van der Waals surface area (Å²) in [6.45, 7) is 7.53. The zero-order valence-corrected chi connectivity index (χ0v) is 16.5. The Bertz CT molecular complexity index is 961. The van der Waals surface area contributed by atoms with E-state index in [1.54, 1.807) is 4.90 Å². The van der Waals surface area contributed by atoms with Crippen LogP contribution in [0.15, 0.2) is 30.3 Å². The molecule has 0 N–H and O–H groups in total. The molecule has 1 fully saturated rings. The second-order valence-electron chi connectivity index (χ2n) is 7.15. The second kappa shape index (κ2) is 7.86. The van der Waals surface area contributed by atoms with Crippen molar-refractivity contribution in [3.05, 3.63) is 72.8 Å². The van der Waals surface area contributed by atoms with Crippen LogP contribution in [-0.4, -0.2) is 46.8 Å². The molecule has 0 bridgehead atoms. The standard InChI is InChI=1S/C20H22N4O5/c1-13-5-4-6-17(14(13)2)21-7-9-22(10-8-21)20(25)16-11-18(23(26)27)15(3)19(12-16)24(28)29/h4-6,11-12H,7-10H2,1-3H3. The van der Waals surface area contributed by atoms with Gasteiger partial charge in [-0.25, -0.2) is 0 Å². The number of amides is 1. The number of nitrogens with zero attached hydrogens (tertiary/aromatic N) is 4. The molecule has 2 aromatic rings. The van der Waals surface area contributed by atoms with E-state index in [1.807, 2.05) is 12.1 Å². The molecule has 0 radical (unpaired) electrons. The second-order valence-corrected chi connectivity index (χ2v) is 7.15. The van der Waals surface area contributed by atoms with Crippen molar-refractivity contribution in [2.45, 2.75) is 20.8 Å². The van der Waals surface area contributed by atoms with E-state index < -0.39 is 27.1 Å². The molecule has 0 saturated carbocycles. The van der Waals surface area contributed by atoms with Gasteiger partial charge in [0.1, 0.15) is 5.56 Å². The average Bonchev–Trinajstić information content (AvgIpc) is 2.69. The van der Waals surface area contributed by atoms with E-state index in [9.17, 15) is 25.0 Å². The molecule has 1 heterocycles. The fraction of sp³-hybridized carbons (Fsp3) is 0.350. The molecule has 3 rings (SSSR count).